The smallest absolute Gasteiger partial charge is 0.0429 e. The number of nitrogens with two attached hydrogens (primary N) is 1. The fraction of sp³-hybridized carbons (Fsp3) is 0.444. The number of pyridine rings is 1. The number of nitrogens with zero attached hydrogens (tertiary/aromatic N) is 1. The van der Waals surface area contributed by atoms with Crippen molar-refractivity contribution in [2.75, 3.05) is 0 Å². The lowest BCUT2D eigenvalue weighted by Crippen LogP contribution is -1.98. The molecule has 0 saturated carbocycles. The van der Waals surface area contributed by atoms with Gasteiger partial charge in [0.2, 0.25) is 0 Å². The van der Waals surface area contributed by atoms with E-state index >= 15 is 0 Å². The minimum Gasteiger partial charge on any atom is -0.326 e. The molecule has 0 saturated heterocycles. The van der Waals surface area contributed by atoms with Crippen LogP contribution >= 0.6 is 0 Å². The lowest BCUT2D eigenvalue weighted by molar-refractivity contribution is 0.818. The molecule has 0 aliphatic rings. The van der Waals surface area contributed by atoms with Crippen molar-refractivity contribution in [3.05, 3.63) is 29.6 Å². The van der Waals surface area contributed by atoms with Gasteiger partial charge in [0.1, 0.15) is 0 Å². The Morgan fingerprint density at radius 2 is 2.18 bits per heavy atom. The molecule has 0 fully saturated rings. The maximum Gasteiger partial charge on any atom is 0.0429 e. The molecule has 2 N–H and O–H groups in total. The van der Waals surface area contributed by atoms with Gasteiger partial charge in [0.05, 0.1) is 0 Å². The predicted molar refractivity (Wildman–Crippen MR) is 46.2 cm³/mol. The first-order valence-corrected chi connectivity index (χ1v) is 3.89. The maximum absolute atomic E-state index is 5.44. The highest BCUT2D eigenvalue weighted by atomic mass is 14.7. The average Bonchev–Trinajstić information content (AvgIpc) is 2.05. The van der Waals surface area contributed by atoms with Crippen LogP contribution in [0.25, 0.3) is 0 Å². The zero-order valence-electron chi connectivity index (χ0n) is 7.04. The Bertz CT molecular complexity index is 214. The van der Waals surface area contributed by atoms with Crippen LogP contribution in [0.3, 0.4) is 0 Å². The fourth-order valence-corrected chi connectivity index (χ4v) is 0.898. The highest BCUT2D eigenvalue weighted by molar-refractivity contribution is 5.15. The second kappa shape index (κ2) is 3.49. The summed E-state index contributed by atoms with van der Waals surface area (Å²) in [5.41, 5.74) is 7.66. The topological polar surface area (TPSA) is 38.9 Å². The van der Waals surface area contributed by atoms with Crippen LogP contribution in [0.4, 0.5) is 0 Å². The molecule has 1 heterocycles. The molecule has 0 aromatic carbocycles. The summed E-state index contributed by atoms with van der Waals surface area (Å²) in [7, 11) is 0. The van der Waals surface area contributed by atoms with Gasteiger partial charge in [-0.25, -0.2) is 0 Å². The van der Waals surface area contributed by atoms with E-state index in [0.29, 0.717) is 12.5 Å². The summed E-state index contributed by atoms with van der Waals surface area (Å²) < 4.78 is 0. The number of aromatic nitrogens is 1. The zero-order valence-corrected chi connectivity index (χ0v) is 7.04. The molecule has 0 aliphatic carbocycles. The van der Waals surface area contributed by atoms with Crippen molar-refractivity contribution >= 4 is 0 Å². The van der Waals surface area contributed by atoms with E-state index in [0.717, 1.165) is 11.3 Å². The number of hydrogen-bond donors (Lipinski definition) is 1. The summed E-state index contributed by atoms with van der Waals surface area (Å²) in [6, 6.07) is 4.06. The van der Waals surface area contributed by atoms with Crippen molar-refractivity contribution < 1.29 is 0 Å². The summed E-state index contributed by atoms with van der Waals surface area (Å²) in [4.78, 5) is 4.27. The van der Waals surface area contributed by atoms with E-state index in [1.54, 1.807) is 0 Å². The third-order valence-corrected chi connectivity index (χ3v) is 1.67. The second-order valence-electron chi connectivity index (χ2n) is 2.95. The summed E-state index contributed by atoms with van der Waals surface area (Å²) in [5.74, 6) is 0.502. The molecule has 1 aromatic rings. The van der Waals surface area contributed by atoms with Gasteiger partial charge in [0.15, 0.2) is 0 Å². The zero-order chi connectivity index (χ0) is 8.27. The highest BCUT2D eigenvalue weighted by Crippen LogP contribution is 2.10. The molecule has 2 nitrogen and oxygen atoms in total. The Hall–Kier alpha value is -0.890. The van der Waals surface area contributed by atoms with Gasteiger partial charge < -0.3 is 5.73 Å². The molecule has 11 heavy (non-hydrogen) atoms. The molecule has 1 rings (SSSR count). The predicted octanol–water partition coefficient (Wildman–Crippen LogP) is 1.66. The van der Waals surface area contributed by atoms with E-state index < -0.39 is 0 Å². The van der Waals surface area contributed by atoms with E-state index in [-0.39, 0.29) is 0 Å². The SMILES string of the molecule is CC(C)c1ccc(CN)cn1. The van der Waals surface area contributed by atoms with Crippen LogP contribution in [0.5, 0.6) is 0 Å². The van der Waals surface area contributed by atoms with Crippen LogP contribution < -0.4 is 5.73 Å². The lowest BCUT2D eigenvalue weighted by Gasteiger charge is -2.03. The molecule has 0 atom stereocenters. The van der Waals surface area contributed by atoms with Crippen molar-refractivity contribution in [2.24, 2.45) is 5.73 Å². The van der Waals surface area contributed by atoms with Crippen LogP contribution in [0, 0.1) is 0 Å². The Morgan fingerprint density at radius 3 is 2.55 bits per heavy atom. The molecule has 0 radical (unpaired) electrons. The van der Waals surface area contributed by atoms with Crippen LogP contribution in [0.2, 0.25) is 0 Å². The minimum atomic E-state index is 0.502. The van der Waals surface area contributed by atoms with Gasteiger partial charge in [0, 0.05) is 18.4 Å². The highest BCUT2D eigenvalue weighted by Gasteiger charge is 1.98. The molecule has 0 aliphatic heterocycles. The van der Waals surface area contributed by atoms with Crippen LogP contribution in [-0.4, -0.2) is 4.98 Å². The Balaban J connectivity index is 2.83. The monoisotopic (exact) mass is 150 g/mol. The molecule has 0 spiro atoms. The Labute approximate surface area is 67.5 Å². The van der Waals surface area contributed by atoms with E-state index in [1.807, 2.05) is 18.3 Å². The molecule has 2 heteroatoms. The molecule has 0 bridgehead atoms. The molecular weight excluding hydrogens is 136 g/mol. The van der Waals surface area contributed by atoms with Crippen LogP contribution in [-0.2, 0) is 6.54 Å². The first kappa shape index (κ1) is 8.21. The lowest BCUT2D eigenvalue weighted by atomic mass is 10.1. The maximum atomic E-state index is 5.44. The molecule has 1 aromatic heterocycles. The van der Waals surface area contributed by atoms with E-state index in [9.17, 15) is 0 Å². The van der Waals surface area contributed by atoms with Crippen molar-refractivity contribution in [3.8, 4) is 0 Å². The molecule has 60 valence electrons. The van der Waals surface area contributed by atoms with Crippen LogP contribution in [0.15, 0.2) is 18.3 Å². The first-order valence-electron chi connectivity index (χ1n) is 3.89. The molecular formula is C9H14N2. The second-order valence-corrected chi connectivity index (χ2v) is 2.95. The van der Waals surface area contributed by atoms with Crippen molar-refractivity contribution in [1.29, 1.82) is 0 Å². The van der Waals surface area contributed by atoms with Gasteiger partial charge in [-0.2, -0.15) is 0 Å². The van der Waals surface area contributed by atoms with Gasteiger partial charge >= 0.3 is 0 Å². The van der Waals surface area contributed by atoms with Crippen molar-refractivity contribution in [1.82, 2.24) is 4.98 Å². The largest absolute Gasteiger partial charge is 0.326 e. The van der Waals surface area contributed by atoms with Gasteiger partial charge in [-0.1, -0.05) is 19.9 Å². The van der Waals surface area contributed by atoms with Gasteiger partial charge in [-0.15, -0.1) is 0 Å². The van der Waals surface area contributed by atoms with Gasteiger partial charge in [-0.05, 0) is 17.5 Å². The molecule has 0 unspecified atom stereocenters. The van der Waals surface area contributed by atoms with Gasteiger partial charge in [-0.3, -0.25) is 4.98 Å². The van der Waals surface area contributed by atoms with E-state index in [2.05, 4.69) is 18.8 Å². The molecule has 0 amide bonds. The average molecular weight is 150 g/mol. The summed E-state index contributed by atoms with van der Waals surface area (Å²) >= 11 is 0. The van der Waals surface area contributed by atoms with Crippen LogP contribution in [0.1, 0.15) is 31.0 Å². The minimum absolute atomic E-state index is 0.502. The summed E-state index contributed by atoms with van der Waals surface area (Å²) in [6.45, 7) is 4.83. The fourth-order valence-electron chi connectivity index (χ4n) is 0.898. The number of rotatable bonds is 2. The quantitative estimate of drug-likeness (QED) is 0.696. The van der Waals surface area contributed by atoms with Gasteiger partial charge in [0.25, 0.3) is 0 Å². The third kappa shape index (κ3) is 2.02. The van der Waals surface area contributed by atoms with Crippen molar-refractivity contribution in [2.45, 2.75) is 26.3 Å². The number of hydrogen-bond acceptors (Lipinski definition) is 2. The summed E-state index contributed by atoms with van der Waals surface area (Å²) in [6.07, 6.45) is 1.84. The summed E-state index contributed by atoms with van der Waals surface area (Å²) in [5, 5.41) is 0. The Morgan fingerprint density at radius 1 is 1.45 bits per heavy atom. The first-order chi connectivity index (χ1) is 5.24. The van der Waals surface area contributed by atoms with Crippen molar-refractivity contribution in [3.63, 3.8) is 0 Å². The Kier molecular flexibility index (Phi) is 2.60. The van der Waals surface area contributed by atoms with E-state index in [1.165, 1.54) is 0 Å². The third-order valence-electron chi connectivity index (χ3n) is 1.67. The van der Waals surface area contributed by atoms with E-state index in [4.69, 9.17) is 5.73 Å². The normalized spacial score (nSPS) is 10.5. The standard InChI is InChI=1S/C9H14N2/c1-7(2)9-4-3-8(5-10)6-11-9/h3-4,6-7H,5,10H2,1-2H3.